The Labute approximate surface area is 139 Å². The Bertz CT molecular complexity index is 683. The Morgan fingerprint density at radius 2 is 2.00 bits per heavy atom. The minimum Gasteiger partial charge on any atom is -0.375 e. The van der Waals surface area contributed by atoms with Crippen LogP contribution in [0.15, 0.2) is 35.0 Å². The minimum absolute atomic E-state index is 0.242. The van der Waals surface area contributed by atoms with E-state index in [-0.39, 0.29) is 12.6 Å². The number of methoxy groups -OCH3 is 1. The lowest BCUT2D eigenvalue weighted by molar-refractivity contribution is -0.136. The van der Waals surface area contributed by atoms with Crippen LogP contribution in [0.3, 0.4) is 0 Å². The Morgan fingerprint density at radius 1 is 1.22 bits per heavy atom. The molecule has 122 valence electrons. The summed E-state index contributed by atoms with van der Waals surface area (Å²) in [6.45, 7) is 4.10. The monoisotopic (exact) mass is 332 g/mol. The number of thiophene rings is 1. The topological polar surface area (TPSA) is 67.4 Å². The third kappa shape index (κ3) is 4.40. The number of rotatable bonds is 5. The third-order valence-electron chi connectivity index (χ3n) is 3.71. The number of amides is 2. The van der Waals surface area contributed by atoms with Crippen molar-refractivity contribution in [3.05, 3.63) is 51.7 Å². The Hall–Kier alpha value is -2.18. The highest BCUT2D eigenvalue weighted by atomic mass is 32.1. The first kappa shape index (κ1) is 17.2. The van der Waals surface area contributed by atoms with E-state index >= 15 is 0 Å². The van der Waals surface area contributed by atoms with Crippen LogP contribution in [0.4, 0.5) is 5.69 Å². The van der Waals surface area contributed by atoms with E-state index in [2.05, 4.69) is 10.6 Å². The van der Waals surface area contributed by atoms with Gasteiger partial charge >= 0.3 is 11.8 Å². The molecule has 0 aliphatic carbocycles. The van der Waals surface area contributed by atoms with Gasteiger partial charge in [0.15, 0.2) is 0 Å². The van der Waals surface area contributed by atoms with Gasteiger partial charge in [0, 0.05) is 19.3 Å². The van der Waals surface area contributed by atoms with Crippen LogP contribution >= 0.6 is 11.3 Å². The molecule has 0 fully saturated rings. The largest absolute Gasteiger partial charge is 0.375 e. The third-order valence-corrected chi connectivity index (χ3v) is 4.41. The number of nitrogens with one attached hydrogen (secondary N) is 2. The van der Waals surface area contributed by atoms with E-state index < -0.39 is 11.8 Å². The molecule has 0 radical (unpaired) electrons. The molecule has 0 aliphatic rings. The van der Waals surface area contributed by atoms with E-state index in [0.717, 1.165) is 16.7 Å². The summed E-state index contributed by atoms with van der Waals surface area (Å²) in [5, 5.41) is 9.14. The number of carbonyl (C=O) groups is 2. The molecule has 2 aromatic rings. The smallest absolute Gasteiger partial charge is 0.313 e. The predicted octanol–water partition coefficient (Wildman–Crippen LogP) is 2.81. The average Bonchev–Trinajstić information content (AvgIpc) is 3.06. The van der Waals surface area contributed by atoms with Crippen LogP contribution in [-0.4, -0.2) is 25.5 Å². The maximum absolute atomic E-state index is 12.0. The summed E-state index contributed by atoms with van der Waals surface area (Å²) in [6.07, 6.45) is -0.265. The highest BCUT2D eigenvalue weighted by Gasteiger charge is 2.18. The van der Waals surface area contributed by atoms with E-state index in [0.29, 0.717) is 5.69 Å². The van der Waals surface area contributed by atoms with E-state index in [1.165, 1.54) is 0 Å². The van der Waals surface area contributed by atoms with Crippen molar-refractivity contribution in [2.45, 2.75) is 20.0 Å². The first-order valence-corrected chi connectivity index (χ1v) is 8.17. The summed E-state index contributed by atoms with van der Waals surface area (Å²) < 4.78 is 5.34. The molecule has 0 bridgehead atoms. The van der Waals surface area contributed by atoms with Gasteiger partial charge < -0.3 is 15.4 Å². The summed E-state index contributed by atoms with van der Waals surface area (Å²) >= 11 is 1.56. The van der Waals surface area contributed by atoms with Crippen molar-refractivity contribution in [1.29, 1.82) is 0 Å². The van der Waals surface area contributed by atoms with Crippen molar-refractivity contribution in [3.8, 4) is 0 Å². The summed E-state index contributed by atoms with van der Waals surface area (Å²) in [4.78, 5) is 24.0. The van der Waals surface area contributed by atoms with Crippen LogP contribution in [0.25, 0.3) is 0 Å². The molecule has 0 aliphatic heterocycles. The fourth-order valence-electron chi connectivity index (χ4n) is 2.13. The SMILES string of the molecule is COC(CNC(=O)C(=O)Nc1cccc(C)c1C)c1ccsc1. The lowest BCUT2D eigenvalue weighted by Crippen LogP contribution is -2.38. The van der Waals surface area contributed by atoms with Crippen molar-refractivity contribution in [2.75, 3.05) is 19.0 Å². The summed E-state index contributed by atoms with van der Waals surface area (Å²) in [5.74, 6) is -1.36. The fraction of sp³-hybridized carbons (Fsp3) is 0.294. The molecular formula is C17H20N2O3S. The number of hydrogen-bond donors (Lipinski definition) is 2. The standard InChI is InChI=1S/C17H20N2O3S/c1-11-5-4-6-14(12(11)2)19-17(21)16(20)18-9-15(22-3)13-7-8-23-10-13/h4-8,10,15H,9H2,1-3H3,(H,18,20)(H,19,21). The van der Waals surface area contributed by atoms with Gasteiger partial charge in [0.2, 0.25) is 0 Å². The molecule has 1 unspecified atom stereocenters. The number of anilines is 1. The van der Waals surface area contributed by atoms with Crippen LogP contribution in [0.5, 0.6) is 0 Å². The van der Waals surface area contributed by atoms with Crippen LogP contribution < -0.4 is 10.6 Å². The molecule has 0 saturated heterocycles. The molecule has 0 saturated carbocycles. The van der Waals surface area contributed by atoms with Gasteiger partial charge in [0.1, 0.15) is 6.10 Å². The van der Waals surface area contributed by atoms with Crippen molar-refractivity contribution in [1.82, 2.24) is 5.32 Å². The molecule has 2 amide bonds. The first-order valence-electron chi connectivity index (χ1n) is 7.23. The Balaban J connectivity index is 1.92. The van der Waals surface area contributed by atoms with Gasteiger partial charge in [0.05, 0.1) is 0 Å². The van der Waals surface area contributed by atoms with E-state index in [9.17, 15) is 9.59 Å². The van der Waals surface area contributed by atoms with Crippen molar-refractivity contribution in [3.63, 3.8) is 0 Å². The molecule has 1 aromatic carbocycles. The number of hydrogen-bond acceptors (Lipinski definition) is 4. The second-order valence-electron chi connectivity index (χ2n) is 5.19. The summed E-state index contributed by atoms with van der Waals surface area (Å²) in [6, 6.07) is 7.50. The molecule has 23 heavy (non-hydrogen) atoms. The summed E-state index contributed by atoms with van der Waals surface area (Å²) in [7, 11) is 1.57. The van der Waals surface area contributed by atoms with E-state index in [1.807, 2.05) is 42.8 Å². The molecular weight excluding hydrogens is 312 g/mol. The minimum atomic E-state index is -0.682. The van der Waals surface area contributed by atoms with Gasteiger partial charge in [0.25, 0.3) is 0 Å². The van der Waals surface area contributed by atoms with E-state index in [1.54, 1.807) is 24.5 Å². The van der Waals surface area contributed by atoms with Gasteiger partial charge in [-0.1, -0.05) is 12.1 Å². The quantitative estimate of drug-likeness (QED) is 0.827. The van der Waals surface area contributed by atoms with Gasteiger partial charge in [-0.2, -0.15) is 11.3 Å². The Morgan fingerprint density at radius 3 is 2.65 bits per heavy atom. The zero-order chi connectivity index (χ0) is 16.8. The number of aryl methyl sites for hydroxylation is 1. The number of ether oxygens (including phenoxy) is 1. The molecule has 1 aromatic heterocycles. The van der Waals surface area contributed by atoms with Crippen molar-refractivity contribution < 1.29 is 14.3 Å². The highest BCUT2D eigenvalue weighted by molar-refractivity contribution is 7.07. The molecule has 2 rings (SSSR count). The normalized spacial score (nSPS) is 11.8. The lowest BCUT2D eigenvalue weighted by Gasteiger charge is -2.15. The summed E-state index contributed by atoms with van der Waals surface area (Å²) in [5.41, 5.74) is 3.63. The zero-order valence-electron chi connectivity index (χ0n) is 13.4. The molecule has 0 spiro atoms. The lowest BCUT2D eigenvalue weighted by atomic mass is 10.1. The number of benzene rings is 1. The molecule has 5 nitrogen and oxygen atoms in total. The van der Waals surface area contributed by atoms with Crippen LogP contribution in [0.1, 0.15) is 22.8 Å². The van der Waals surface area contributed by atoms with Crippen LogP contribution in [0, 0.1) is 13.8 Å². The van der Waals surface area contributed by atoms with E-state index in [4.69, 9.17) is 4.74 Å². The van der Waals surface area contributed by atoms with Gasteiger partial charge in [-0.15, -0.1) is 0 Å². The molecule has 2 N–H and O–H groups in total. The maximum atomic E-state index is 12.0. The predicted molar refractivity (Wildman–Crippen MR) is 91.6 cm³/mol. The zero-order valence-corrected chi connectivity index (χ0v) is 14.2. The molecule has 1 heterocycles. The van der Waals surface area contributed by atoms with Crippen LogP contribution in [-0.2, 0) is 14.3 Å². The second kappa shape index (κ2) is 7.89. The van der Waals surface area contributed by atoms with Crippen molar-refractivity contribution >= 4 is 28.8 Å². The Kier molecular flexibility index (Phi) is 5.90. The second-order valence-corrected chi connectivity index (χ2v) is 5.97. The maximum Gasteiger partial charge on any atom is 0.313 e. The molecule has 6 heteroatoms. The van der Waals surface area contributed by atoms with Crippen molar-refractivity contribution in [2.24, 2.45) is 0 Å². The first-order chi connectivity index (χ1) is 11.0. The molecule has 1 atom stereocenters. The average molecular weight is 332 g/mol. The van der Waals surface area contributed by atoms with Crippen LogP contribution in [0.2, 0.25) is 0 Å². The van der Waals surface area contributed by atoms with Gasteiger partial charge in [-0.05, 0) is 53.4 Å². The number of carbonyl (C=O) groups excluding carboxylic acids is 2. The highest BCUT2D eigenvalue weighted by Crippen LogP contribution is 2.19. The van der Waals surface area contributed by atoms with Gasteiger partial charge in [-0.25, -0.2) is 0 Å². The van der Waals surface area contributed by atoms with Gasteiger partial charge in [-0.3, -0.25) is 9.59 Å². The fourth-order valence-corrected chi connectivity index (χ4v) is 2.83.